The summed E-state index contributed by atoms with van der Waals surface area (Å²) < 4.78 is 10.6. The summed E-state index contributed by atoms with van der Waals surface area (Å²) in [5.41, 5.74) is 0.892. The Morgan fingerprint density at radius 1 is 1.14 bits per heavy atom. The van der Waals surface area contributed by atoms with E-state index in [1.54, 1.807) is 7.11 Å². The van der Waals surface area contributed by atoms with Crippen LogP contribution in [-0.2, 0) is 4.74 Å². The molecule has 0 unspecified atom stereocenters. The Morgan fingerprint density at radius 3 is 2.19 bits per heavy atom. The summed E-state index contributed by atoms with van der Waals surface area (Å²) in [5, 5.41) is 0. The number of methoxy groups -OCH3 is 1. The molecule has 0 bridgehead atoms. The van der Waals surface area contributed by atoms with Crippen molar-refractivity contribution in [2.24, 2.45) is 0 Å². The van der Waals surface area contributed by atoms with Crippen LogP contribution in [0.3, 0.4) is 0 Å². The molecule has 0 aliphatic carbocycles. The van der Waals surface area contributed by atoms with Gasteiger partial charge in [0, 0.05) is 13.1 Å². The fourth-order valence-electron chi connectivity index (χ4n) is 2.60. The number of ether oxygens (including phenoxy) is 2. The van der Waals surface area contributed by atoms with Gasteiger partial charge in [-0.1, -0.05) is 12.1 Å². The van der Waals surface area contributed by atoms with Gasteiger partial charge in [0.1, 0.15) is 11.4 Å². The van der Waals surface area contributed by atoms with Crippen LogP contribution in [0.25, 0.3) is 0 Å². The normalized spacial score (nSPS) is 16.7. The topological polar surface area (TPSA) is 38.8 Å². The molecule has 0 atom stereocenters. The smallest absolute Gasteiger partial charge is 0.410 e. The Hall–Kier alpha value is -1.71. The first-order valence-electron chi connectivity index (χ1n) is 7.51. The van der Waals surface area contributed by atoms with E-state index in [-0.39, 0.29) is 6.09 Å². The maximum atomic E-state index is 12.0. The molecule has 1 heterocycles. The van der Waals surface area contributed by atoms with Crippen LogP contribution in [0.15, 0.2) is 24.3 Å². The van der Waals surface area contributed by atoms with E-state index in [0.717, 1.165) is 31.7 Å². The lowest BCUT2D eigenvalue weighted by Gasteiger charge is -2.33. The molecule has 1 aromatic carbocycles. The largest absolute Gasteiger partial charge is 0.497 e. The molecule has 0 spiro atoms. The first-order valence-corrected chi connectivity index (χ1v) is 7.51. The van der Waals surface area contributed by atoms with Gasteiger partial charge in [0.25, 0.3) is 0 Å². The highest BCUT2D eigenvalue weighted by atomic mass is 16.6. The standard InChI is InChI=1S/C17H25NO3/c1-17(2,3)21-16(19)18-11-9-14(10-12-18)13-5-7-15(20-4)8-6-13/h5-8,14H,9-12H2,1-4H3. The number of rotatable bonds is 2. The van der Waals surface area contributed by atoms with Crippen LogP contribution in [0, 0.1) is 0 Å². The third-order valence-electron chi connectivity index (χ3n) is 3.73. The van der Waals surface area contributed by atoms with Gasteiger partial charge in [-0.15, -0.1) is 0 Å². The summed E-state index contributed by atoms with van der Waals surface area (Å²) in [6.07, 6.45) is 1.76. The van der Waals surface area contributed by atoms with Crippen molar-refractivity contribution in [3.8, 4) is 5.75 Å². The number of piperidine rings is 1. The van der Waals surface area contributed by atoms with E-state index < -0.39 is 5.60 Å². The quantitative estimate of drug-likeness (QED) is 0.831. The summed E-state index contributed by atoms with van der Waals surface area (Å²) >= 11 is 0. The average molecular weight is 291 g/mol. The molecule has 1 amide bonds. The summed E-state index contributed by atoms with van der Waals surface area (Å²) in [6.45, 7) is 7.20. The molecule has 1 aliphatic rings. The van der Waals surface area contributed by atoms with Crippen molar-refractivity contribution in [1.82, 2.24) is 4.90 Å². The van der Waals surface area contributed by atoms with E-state index in [4.69, 9.17) is 9.47 Å². The highest BCUT2D eigenvalue weighted by Gasteiger charge is 2.27. The van der Waals surface area contributed by atoms with Crippen molar-refractivity contribution >= 4 is 6.09 Å². The fraction of sp³-hybridized carbons (Fsp3) is 0.588. The van der Waals surface area contributed by atoms with E-state index in [1.165, 1.54) is 5.56 Å². The molecule has 1 saturated heterocycles. The highest BCUT2D eigenvalue weighted by Crippen LogP contribution is 2.29. The second-order valence-corrected chi connectivity index (χ2v) is 6.51. The number of benzene rings is 1. The number of nitrogens with zero attached hydrogens (tertiary/aromatic N) is 1. The van der Waals surface area contributed by atoms with Gasteiger partial charge < -0.3 is 14.4 Å². The molecule has 21 heavy (non-hydrogen) atoms. The summed E-state index contributed by atoms with van der Waals surface area (Å²) in [5.74, 6) is 1.39. The highest BCUT2D eigenvalue weighted by molar-refractivity contribution is 5.68. The van der Waals surface area contributed by atoms with Crippen molar-refractivity contribution in [3.05, 3.63) is 29.8 Å². The zero-order chi connectivity index (χ0) is 15.5. The molecule has 2 rings (SSSR count). The number of carbonyl (C=O) groups is 1. The molecule has 0 N–H and O–H groups in total. The maximum absolute atomic E-state index is 12.0. The molecule has 0 radical (unpaired) electrons. The molecule has 0 saturated carbocycles. The van der Waals surface area contributed by atoms with Gasteiger partial charge in [-0.3, -0.25) is 0 Å². The van der Waals surface area contributed by atoms with Crippen LogP contribution >= 0.6 is 0 Å². The number of carbonyl (C=O) groups excluding carboxylic acids is 1. The monoisotopic (exact) mass is 291 g/mol. The first kappa shape index (κ1) is 15.7. The van der Waals surface area contributed by atoms with Crippen LogP contribution in [-0.4, -0.2) is 36.8 Å². The second-order valence-electron chi connectivity index (χ2n) is 6.51. The van der Waals surface area contributed by atoms with Crippen molar-refractivity contribution in [2.75, 3.05) is 20.2 Å². The third-order valence-corrected chi connectivity index (χ3v) is 3.73. The van der Waals surface area contributed by atoms with E-state index >= 15 is 0 Å². The van der Waals surface area contributed by atoms with Gasteiger partial charge in [-0.2, -0.15) is 0 Å². The minimum atomic E-state index is -0.427. The van der Waals surface area contributed by atoms with E-state index in [9.17, 15) is 4.79 Å². The summed E-state index contributed by atoms with van der Waals surface area (Å²) in [4.78, 5) is 13.8. The number of hydrogen-bond acceptors (Lipinski definition) is 3. The Balaban J connectivity index is 1.89. The SMILES string of the molecule is COc1ccc(C2CCN(C(=O)OC(C)(C)C)CC2)cc1. The molecular weight excluding hydrogens is 266 g/mol. The summed E-state index contributed by atoms with van der Waals surface area (Å²) in [6, 6.07) is 8.23. The van der Waals surface area contributed by atoms with E-state index in [0.29, 0.717) is 5.92 Å². The van der Waals surface area contributed by atoms with Crippen LogP contribution in [0.5, 0.6) is 5.75 Å². The number of likely N-dealkylation sites (tertiary alicyclic amines) is 1. The summed E-state index contributed by atoms with van der Waals surface area (Å²) in [7, 11) is 1.67. The molecule has 1 aliphatic heterocycles. The first-order chi connectivity index (χ1) is 9.89. The molecule has 1 aromatic rings. The predicted molar refractivity (Wildman–Crippen MR) is 82.8 cm³/mol. The van der Waals surface area contributed by atoms with Crippen LogP contribution in [0.2, 0.25) is 0 Å². The average Bonchev–Trinajstić information content (AvgIpc) is 2.46. The van der Waals surface area contributed by atoms with Gasteiger partial charge in [-0.25, -0.2) is 4.79 Å². The van der Waals surface area contributed by atoms with Crippen molar-refractivity contribution in [1.29, 1.82) is 0 Å². The molecule has 116 valence electrons. The minimum absolute atomic E-state index is 0.198. The van der Waals surface area contributed by atoms with E-state index in [2.05, 4.69) is 12.1 Å². The minimum Gasteiger partial charge on any atom is -0.497 e. The molecule has 0 aromatic heterocycles. The molecule has 4 heteroatoms. The second kappa shape index (κ2) is 6.37. The maximum Gasteiger partial charge on any atom is 0.410 e. The van der Waals surface area contributed by atoms with Gasteiger partial charge in [0.05, 0.1) is 7.11 Å². The lowest BCUT2D eigenvalue weighted by Crippen LogP contribution is -2.41. The zero-order valence-electron chi connectivity index (χ0n) is 13.4. The van der Waals surface area contributed by atoms with Crippen molar-refractivity contribution in [3.63, 3.8) is 0 Å². The molecule has 1 fully saturated rings. The lowest BCUT2D eigenvalue weighted by atomic mass is 9.89. The van der Waals surface area contributed by atoms with Crippen LogP contribution < -0.4 is 4.74 Å². The van der Waals surface area contributed by atoms with E-state index in [1.807, 2.05) is 37.8 Å². The number of amides is 1. The third kappa shape index (κ3) is 4.38. The number of hydrogen-bond donors (Lipinski definition) is 0. The van der Waals surface area contributed by atoms with Crippen molar-refractivity contribution in [2.45, 2.75) is 45.1 Å². The Bertz CT molecular complexity index is 468. The van der Waals surface area contributed by atoms with Gasteiger partial charge in [-0.05, 0) is 57.2 Å². The fourth-order valence-corrected chi connectivity index (χ4v) is 2.60. The van der Waals surface area contributed by atoms with Gasteiger partial charge >= 0.3 is 6.09 Å². The zero-order valence-corrected chi connectivity index (χ0v) is 13.4. The van der Waals surface area contributed by atoms with Gasteiger partial charge in [0.15, 0.2) is 0 Å². The lowest BCUT2D eigenvalue weighted by molar-refractivity contribution is 0.0205. The molecular formula is C17H25NO3. The van der Waals surface area contributed by atoms with Crippen LogP contribution in [0.4, 0.5) is 4.79 Å². The Morgan fingerprint density at radius 2 is 1.71 bits per heavy atom. The van der Waals surface area contributed by atoms with Crippen LogP contribution in [0.1, 0.15) is 45.1 Å². The Kier molecular flexibility index (Phi) is 4.76. The van der Waals surface area contributed by atoms with Crippen molar-refractivity contribution < 1.29 is 14.3 Å². The van der Waals surface area contributed by atoms with Gasteiger partial charge in [0.2, 0.25) is 0 Å². The Labute approximate surface area is 127 Å². The molecule has 4 nitrogen and oxygen atoms in total. The predicted octanol–water partition coefficient (Wildman–Crippen LogP) is 3.81.